The van der Waals surface area contributed by atoms with Gasteiger partial charge in [-0.3, -0.25) is 4.79 Å². The van der Waals surface area contributed by atoms with Crippen LogP contribution in [0.15, 0.2) is 29.3 Å². The van der Waals surface area contributed by atoms with Crippen LogP contribution in [0.2, 0.25) is 0 Å². The number of nitrogens with zero attached hydrogens (tertiary/aromatic N) is 1. The molecule has 0 spiro atoms. The maximum Gasteiger partial charge on any atom is 0.193 e. The molecule has 3 nitrogen and oxygen atoms in total. The highest BCUT2D eigenvalue weighted by molar-refractivity contribution is 7.10. The van der Waals surface area contributed by atoms with Gasteiger partial charge in [-0.05, 0) is 31.2 Å². The molecule has 0 bridgehead atoms. The maximum absolute atomic E-state index is 13.3. The SMILES string of the molecule is Cc1ncsc1/C=C1\CCOc2ccc(F)cc2C1=O. The van der Waals surface area contributed by atoms with Crippen LogP contribution >= 0.6 is 11.3 Å². The Kier molecular flexibility index (Phi) is 3.36. The molecule has 3 rings (SSSR count). The van der Waals surface area contributed by atoms with Crippen LogP contribution in [0.3, 0.4) is 0 Å². The van der Waals surface area contributed by atoms with Crippen LogP contribution < -0.4 is 4.74 Å². The second kappa shape index (κ2) is 5.17. The molecular weight excluding hydrogens is 277 g/mol. The number of ketones is 1. The normalized spacial score (nSPS) is 16.7. The lowest BCUT2D eigenvalue weighted by Crippen LogP contribution is -2.02. The minimum Gasteiger partial charge on any atom is -0.492 e. The van der Waals surface area contributed by atoms with E-state index in [0.29, 0.717) is 24.4 Å². The first-order chi connectivity index (χ1) is 9.65. The molecule has 1 aliphatic rings. The summed E-state index contributed by atoms with van der Waals surface area (Å²) in [6.45, 7) is 2.31. The smallest absolute Gasteiger partial charge is 0.193 e. The highest BCUT2D eigenvalue weighted by Crippen LogP contribution is 2.29. The molecule has 102 valence electrons. The number of Topliss-reactive ketones (excluding diaryl/α,β-unsaturated/α-hetero) is 1. The summed E-state index contributed by atoms with van der Waals surface area (Å²) in [6, 6.07) is 4.04. The first kappa shape index (κ1) is 13.0. The van der Waals surface area contributed by atoms with Crippen molar-refractivity contribution in [1.29, 1.82) is 0 Å². The van der Waals surface area contributed by atoms with Crippen LogP contribution in [0.25, 0.3) is 6.08 Å². The Morgan fingerprint density at radius 3 is 3.05 bits per heavy atom. The van der Waals surface area contributed by atoms with E-state index in [1.165, 1.54) is 29.5 Å². The zero-order valence-corrected chi connectivity index (χ0v) is 11.7. The average molecular weight is 289 g/mol. The Hall–Kier alpha value is -2.01. The second-order valence-corrected chi connectivity index (χ2v) is 5.43. The van der Waals surface area contributed by atoms with Gasteiger partial charge >= 0.3 is 0 Å². The van der Waals surface area contributed by atoms with E-state index in [9.17, 15) is 9.18 Å². The van der Waals surface area contributed by atoms with Gasteiger partial charge in [-0.1, -0.05) is 0 Å². The zero-order valence-electron chi connectivity index (χ0n) is 10.9. The van der Waals surface area contributed by atoms with Crippen molar-refractivity contribution in [3.05, 3.63) is 51.2 Å². The number of aryl methyl sites for hydroxylation is 1. The molecular formula is C15H12FNO2S. The van der Waals surface area contributed by atoms with E-state index in [0.717, 1.165) is 10.6 Å². The van der Waals surface area contributed by atoms with Crippen LogP contribution in [-0.4, -0.2) is 17.4 Å². The van der Waals surface area contributed by atoms with Gasteiger partial charge in [0.2, 0.25) is 0 Å². The summed E-state index contributed by atoms with van der Waals surface area (Å²) in [5.41, 5.74) is 3.55. The molecule has 0 radical (unpaired) electrons. The number of fused-ring (bicyclic) bond motifs is 1. The molecule has 5 heteroatoms. The van der Waals surface area contributed by atoms with Crippen molar-refractivity contribution in [2.24, 2.45) is 0 Å². The second-order valence-electron chi connectivity index (χ2n) is 4.54. The van der Waals surface area contributed by atoms with Crippen molar-refractivity contribution in [3.63, 3.8) is 0 Å². The maximum atomic E-state index is 13.3. The lowest BCUT2D eigenvalue weighted by Gasteiger charge is -2.04. The first-order valence-corrected chi connectivity index (χ1v) is 7.11. The summed E-state index contributed by atoms with van der Waals surface area (Å²) in [5.74, 6) is -0.165. The molecule has 0 saturated carbocycles. The molecule has 2 heterocycles. The highest BCUT2D eigenvalue weighted by Gasteiger charge is 2.22. The Labute approximate surface area is 119 Å². The summed E-state index contributed by atoms with van der Waals surface area (Å²) in [6.07, 6.45) is 2.34. The van der Waals surface area contributed by atoms with Crippen LogP contribution in [-0.2, 0) is 0 Å². The standard InChI is InChI=1S/C15H12FNO2S/c1-9-14(20-8-17-9)6-10-4-5-19-13-3-2-11(16)7-12(13)15(10)18/h2-3,6-8H,4-5H2,1H3/b10-6+. The Morgan fingerprint density at radius 1 is 1.45 bits per heavy atom. The van der Waals surface area contributed by atoms with Gasteiger partial charge in [0.25, 0.3) is 0 Å². The van der Waals surface area contributed by atoms with E-state index in [1.54, 1.807) is 5.51 Å². The summed E-state index contributed by atoms with van der Waals surface area (Å²) in [7, 11) is 0. The lowest BCUT2D eigenvalue weighted by molar-refractivity contribution is 0.103. The van der Waals surface area contributed by atoms with Gasteiger partial charge in [0.15, 0.2) is 5.78 Å². The number of ether oxygens (including phenoxy) is 1. The topological polar surface area (TPSA) is 39.2 Å². The van der Waals surface area contributed by atoms with Gasteiger partial charge in [-0.15, -0.1) is 11.3 Å². The molecule has 0 amide bonds. The van der Waals surface area contributed by atoms with Gasteiger partial charge in [0, 0.05) is 12.0 Å². The number of carbonyl (C=O) groups is 1. The van der Waals surface area contributed by atoms with Crippen molar-refractivity contribution >= 4 is 23.2 Å². The van der Waals surface area contributed by atoms with Gasteiger partial charge < -0.3 is 4.74 Å². The minimum absolute atomic E-state index is 0.176. The average Bonchev–Trinajstić information content (AvgIpc) is 2.76. The number of rotatable bonds is 1. The fourth-order valence-corrected chi connectivity index (χ4v) is 2.87. The van der Waals surface area contributed by atoms with Crippen molar-refractivity contribution in [1.82, 2.24) is 4.98 Å². The predicted molar refractivity (Wildman–Crippen MR) is 75.7 cm³/mol. The van der Waals surface area contributed by atoms with Crippen LogP contribution in [0.4, 0.5) is 4.39 Å². The van der Waals surface area contributed by atoms with Crippen molar-refractivity contribution in [3.8, 4) is 5.75 Å². The molecule has 0 saturated heterocycles. The lowest BCUT2D eigenvalue weighted by atomic mass is 10.0. The van der Waals surface area contributed by atoms with E-state index < -0.39 is 5.82 Å². The third kappa shape index (κ3) is 2.36. The zero-order chi connectivity index (χ0) is 14.1. The van der Waals surface area contributed by atoms with Crippen LogP contribution in [0, 0.1) is 12.7 Å². The molecule has 20 heavy (non-hydrogen) atoms. The molecule has 1 aromatic carbocycles. The van der Waals surface area contributed by atoms with E-state index in [2.05, 4.69) is 4.98 Å². The first-order valence-electron chi connectivity index (χ1n) is 6.23. The summed E-state index contributed by atoms with van der Waals surface area (Å²) >= 11 is 1.48. The number of thiazole rings is 1. The van der Waals surface area contributed by atoms with Crippen molar-refractivity contribution in [2.45, 2.75) is 13.3 Å². The molecule has 1 aromatic heterocycles. The molecule has 0 fully saturated rings. The summed E-state index contributed by atoms with van der Waals surface area (Å²) in [5, 5.41) is 0. The quantitative estimate of drug-likeness (QED) is 0.752. The molecule has 1 aliphatic heterocycles. The fourth-order valence-electron chi connectivity index (χ4n) is 2.11. The third-order valence-corrected chi connectivity index (χ3v) is 4.07. The van der Waals surface area contributed by atoms with Gasteiger partial charge in [-0.2, -0.15) is 0 Å². The van der Waals surface area contributed by atoms with Crippen LogP contribution in [0.5, 0.6) is 5.75 Å². The minimum atomic E-state index is -0.434. The molecule has 0 unspecified atom stereocenters. The van der Waals surface area contributed by atoms with Crippen molar-refractivity contribution < 1.29 is 13.9 Å². The van der Waals surface area contributed by atoms with E-state index >= 15 is 0 Å². The molecule has 2 aromatic rings. The fraction of sp³-hybridized carbons (Fsp3) is 0.200. The van der Waals surface area contributed by atoms with Crippen LogP contribution in [0.1, 0.15) is 27.3 Å². The third-order valence-electron chi connectivity index (χ3n) is 3.19. The Morgan fingerprint density at radius 2 is 2.30 bits per heavy atom. The monoisotopic (exact) mass is 289 g/mol. The summed E-state index contributed by atoms with van der Waals surface area (Å²) in [4.78, 5) is 17.6. The number of hydrogen-bond donors (Lipinski definition) is 0. The van der Waals surface area contributed by atoms with E-state index in [-0.39, 0.29) is 11.3 Å². The van der Waals surface area contributed by atoms with Gasteiger partial charge in [0.05, 0.1) is 28.3 Å². The highest BCUT2D eigenvalue weighted by atomic mass is 32.1. The Bertz CT molecular complexity index is 706. The number of carbonyl (C=O) groups excluding carboxylic acids is 1. The van der Waals surface area contributed by atoms with Gasteiger partial charge in [-0.25, -0.2) is 9.37 Å². The summed E-state index contributed by atoms with van der Waals surface area (Å²) < 4.78 is 18.8. The van der Waals surface area contributed by atoms with E-state index in [4.69, 9.17) is 4.74 Å². The molecule has 0 aliphatic carbocycles. The van der Waals surface area contributed by atoms with Gasteiger partial charge in [0.1, 0.15) is 11.6 Å². The number of hydrogen-bond acceptors (Lipinski definition) is 4. The molecule has 0 atom stereocenters. The number of benzene rings is 1. The number of aromatic nitrogens is 1. The Balaban J connectivity index is 2.05. The molecule has 0 N–H and O–H groups in total. The number of halogens is 1. The van der Waals surface area contributed by atoms with Crippen molar-refractivity contribution in [2.75, 3.05) is 6.61 Å². The largest absolute Gasteiger partial charge is 0.492 e. The van der Waals surface area contributed by atoms with E-state index in [1.807, 2.05) is 13.0 Å². The predicted octanol–water partition coefficient (Wildman–Crippen LogP) is 3.64.